The average Bonchev–Trinajstić information content (AvgIpc) is 3.06. The zero-order valence-electron chi connectivity index (χ0n) is 10.5. The molecule has 3 N–H and O–H groups in total. The highest BCUT2D eigenvalue weighted by molar-refractivity contribution is 7.89. The number of carbonyl (C=O) groups is 1. The highest BCUT2D eigenvalue weighted by Crippen LogP contribution is 2.34. The lowest BCUT2D eigenvalue weighted by atomic mass is 10.2. The topological polar surface area (TPSA) is 121 Å². The maximum Gasteiger partial charge on any atom is 0.291 e. The smallest absolute Gasteiger partial charge is 0.291 e. The Kier molecular flexibility index (Phi) is 3.07. The van der Waals surface area contributed by atoms with E-state index in [2.05, 4.69) is 5.32 Å². The summed E-state index contributed by atoms with van der Waals surface area (Å²) >= 11 is 0. The SMILES string of the molecule is NS(=O)(=O)c1ccc(C(=O)Nc2ccc3c(c2)OCO3)o1. The lowest BCUT2D eigenvalue weighted by Gasteiger charge is -2.04. The molecule has 1 aliphatic heterocycles. The monoisotopic (exact) mass is 310 g/mol. The Hall–Kier alpha value is -2.52. The highest BCUT2D eigenvalue weighted by atomic mass is 32.2. The number of nitrogens with two attached hydrogens (primary N) is 1. The van der Waals surface area contributed by atoms with Crippen LogP contribution in [0, 0.1) is 0 Å². The van der Waals surface area contributed by atoms with E-state index in [1.807, 2.05) is 0 Å². The minimum atomic E-state index is -3.98. The van der Waals surface area contributed by atoms with Gasteiger partial charge in [0.25, 0.3) is 15.9 Å². The van der Waals surface area contributed by atoms with Crippen LogP contribution in [0.2, 0.25) is 0 Å². The molecule has 0 aliphatic carbocycles. The molecule has 1 aromatic heterocycles. The number of primary sulfonamides is 1. The van der Waals surface area contributed by atoms with Crippen molar-refractivity contribution in [3.63, 3.8) is 0 Å². The third kappa shape index (κ3) is 2.69. The van der Waals surface area contributed by atoms with Gasteiger partial charge < -0.3 is 19.2 Å². The van der Waals surface area contributed by atoms with Crippen molar-refractivity contribution >= 4 is 21.6 Å². The van der Waals surface area contributed by atoms with Crippen LogP contribution >= 0.6 is 0 Å². The quantitative estimate of drug-likeness (QED) is 0.869. The molecule has 0 fully saturated rings. The number of anilines is 1. The first kappa shape index (κ1) is 13.5. The summed E-state index contributed by atoms with van der Waals surface area (Å²) in [5.41, 5.74) is 0.456. The van der Waals surface area contributed by atoms with E-state index >= 15 is 0 Å². The number of hydrogen-bond acceptors (Lipinski definition) is 6. The molecule has 2 heterocycles. The maximum atomic E-state index is 11.9. The lowest BCUT2D eigenvalue weighted by Crippen LogP contribution is -2.12. The molecule has 3 rings (SSSR count). The zero-order valence-corrected chi connectivity index (χ0v) is 11.3. The minimum Gasteiger partial charge on any atom is -0.454 e. The third-order valence-electron chi connectivity index (χ3n) is 2.72. The van der Waals surface area contributed by atoms with Crippen LogP contribution in [0.25, 0.3) is 0 Å². The van der Waals surface area contributed by atoms with Crippen molar-refractivity contribution < 1.29 is 27.1 Å². The van der Waals surface area contributed by atoms with Gasteiger partial charge in [-0.15, -0.1) is 0 Å². The largest absolute Gasteiger partial charge is 0.454 e. The molecule has 0 bridgehead atoms. The Morgan fingerprint density at radius 1 is 1.14 bits per heavy atom. The van der Waals surface area contributed by atoms with E-state index in [4.69, 9.17) is 19.0 Å². The number of sulfonamides is 1. The molecule has 110 valence electrons. The fourth-order valence-electron chi connectivity index (χ4n) is 1.76. The molecular weight excluding hydrogens is 300 g/mol. The number of rotatable bonds is 3. The summed E-state index contributed by atoms with van der Waals surface area (Å²) in [6.07, 6.45) is 0. The van der Waals surface area contributed by atoms with Gasteiger partial charge in [0.1, 0.15) is 0 Å². The van der Waals surface area contributed by atoms with Crippen LogP contribution in [0.3, 0.4) is 0 Å². The first-order valence-electron chi connectivity index (χ1n) is 5.77. The summed E-state index contributed by atoms with van der Waals surface area (Å²) in [6.45, 7) is 0.128. The van der Waals surface area contributed by atoms with E-state index in [1.165, 1.54) is 6.07 Å². The first-order chi connectivity index (χ1) is 9.93. The molecule has 0 radical (unpaired) electrons. The van der Waals surface area contributed by atoms with Crippen molar-refractivity contribution in [1.29, 1.82) is 0 Å². The number of amides is 1. The molecule has 1 aromatic carbocycles. The Morgan fingerprint density at radius 2 is 1.90 bits per heavy atom. The number of benzene rings is 1. The maximum absolute atomic E-state index is 11.9. The Morgan fingerprint density at radius 3 is 2.62 bits per heavy atom. The predicted octanol–water partition coefficient (Wildman–Crippen LogP) is 0.908. The first-order valence-corrected chi connectivity index (χ1v) is 7.32. The average molecular weight is 310 g/mol. The van der Waals surface area contributed by atoms with Gasteiger partial charge in [0.2, 0.25) is 11.9 Å². The molecule has 9 heteroatoms. The fraction of sp³-hybridized carbons (Fsp3) is 0.0833. The zero-order chi connectivity index (χ0) is 15.0. The molecule has 1 amide bonds. The summed E-state index contributed by atoms with van der Waals surface area (Å²) in [5.74, 6) is 0.320. The predicted molar refractivity (Wildman–Crippen MR) is 70.6 cm³/mol. The van der Waals surface area contributed by atoms with Crippen LogP contribution < -0.4 is 19.9 Å². The normalized spacial score (nSPS) is 13.2. The molecule has 21 heavy (non-hydrogen) atoms. The van der Waals surface area contributed by atoms with Crippen molar-refractivity contribution in [3.8, 4) is 11.5 Å². The summed E-state index contributed by atoms with van der Waals surface area (Å²) in [5, 5.41) is 6.98. The molecule has 0 saturated carbocycles. The van der Waals surface area contributed by atoms with Gasteiger partial charge in [0.15, 0.2) is 17.3 Å². The number of fused-ring (bicyclic) bond motifs is 1. The lowest BCUT2D eigenvalue weighted by molar-refractivity contribution is 0.0991. The van der Waals surface area contributed by atoms with Crippen LogP contribution in [0.5, 0.6) is 11.5 Å². The number of hydrogen-bond donors (Lipinski definition) is 2. The summed E-state index contributed by atoms with van der Waals surface area (Å²) in [6, 6.07) is 7.19. The van der Waals surface area contributed by atoms with Crippen LogP contribution in [-0.2, 0) is 10.0 Å². The van der Waals surface area contributed by atoms with E-state index < -0.39 is 21.0 Å². The standard InChI is InChI=1S/C12H10N2O6S/c13-21(16,17)11-4-3-9(20-11)12(15)14-7-1-2-8-10(5-7)19-6-18-8/h1-5H,6H2,(H,14,15)(H2,13,16,17). The number of nitrogens with one attached hydrogen (secondary N) is 1. The van der Waals surface area contributed by atoms with Gasteiger partial charge in [-0.3, -0.25) is 4.79 Å². The van der Waals surface area contributed by atoms with Crippen LogP contribution in [-0.4, -0.2) is 21.1 Å². The van der Waals surface area contributed by atoms with E-state index in [9.17, 15) is 13.2 Å². The molecule has 2 aromatic rings. The molecule has 1 aliphatic rings. The van der Waals surface area contributed by atoms with Crippen LogP contribution in [0.1, 0.15) is 10.6 Å². The number of furan rings is 1. The van der Waals surface area contributed by atoms with E-state index in [0.29, 0.717) is 17.2 Å². The third-order valence-corrected chi connectivity index (χ3v) is 3.50. The Balaban J connectivity index is 1.79. The van der Waals surface area contributed by atoms with Gasteiger partial charge in [-0.2, -0.15) is 0 Å². The second kappa shape index (κ2) is 4.79. The highest BCUT2D eigenvalue weighted by Gasteiger charge is 2.19. The number of ether oxygens (including phenoxy) is 2. The van der Waals surface area contributed by atoms with Gasteiger partial charge in [0, 0.05) is 11.8 Å². The fourth-order valence-corrected chi connectivity index (χ4v) is 2.23. The van der Waals surface area contributed by atoms with Crippen LogP contribution in [0.4, 0.5) is 5.69 Å². The Bertz CT molecular complexity index is 811. The molecule has 0 unspecified atom stereocenters. The van der Waals surface area contributed by atoms with Gasteiger partial charge in [-0.1, -0.05) is 0 Å². The molecule has 0 spiro atoms. The second-order valence-corrected chi connectivity index (χ2v) is 5.68. The number of carbonyl (C=O) groups excluding carboxylic acids is 1. The van der Waals surface area contributed by atoms with Gasteiger partial charge in [0.05, 0.1) is 0 Å². The van der Waals surface area contributed by atoms with Crippen molar-refractivity contribution in [1.82, 2.24) is 0 Å². The van der Waals surface area contributed by atoms with Crippen molar-refractivity contribution in [2.45, 2.75) is 5.09 Å². The summed E-state index contributed by atoms with van der Waals surface area (Å²) in [7, 11) is -3.98. The van der Waals surface area contributed by atoms with Gasteiger partial charge >= 0.3 is 0 Å². The molecular formula is C12H10N2O6S. The summed E-state index contributed by atoms with van der Waals surface area (Å²) in [4.78, 5) is 11.9. The Labute approximate surface area is 119 Å². The van der Waals surface area contributed by atoms with Crippen LogP contribution in [0.15, 0.2) is 39.8 Å². The van der Waals surface area contributed by atoms with Crippen molar-refractivity contribution in [2.75, 3.05) is 12.1 Å². The van der Waals surface area contributed by atoms with E-state index in [1.54, 1.807) is 18.2 Å². The molecule has 0 saturated heterocycles. The van der Waals surface area contributed by atoms with E-state index in [0.717, 1.165) is 6.07 Å². The van der Waals surface area contributed by atoms with Gasteiger partial charge in [-0.25, -0.2) is 13.6 Å². The van der Waals surface area contributed by atoms with Crippen molar-refractivity contribution in [2.24, 2.45) is 5.14 Å². The second-order valence-electron chi connectivity index (χ2n) is 4.19. The minimum absolute atomic E-state index is 0.128. The molecule has 8 nitrogen and oxygen atoms in total. The summed E-state index contributed by atoms with van der Waals surface area (Å²) < 4.78 is 37.4. The van der Waals surface area contributed by atoms with Gasteiger partial charge in [-0.05, 0) is 24.3 Å². The van der Waals surface area contributed by atoms with E-state index in [-0.39, 0.29) is 12.6 Å². The van der Waals surface area contributed by atoms with Crippen molar-refractivity contribution in [3.05, 3.63) is 36.1 Å². The molecule has 0 atom stereocenters.